The monoisotopic (exact) mass is 318 g/mol. The van der Waals surface area contributed by atoms with Crippen LogP contribution in [0.4, 0.5) is 0 Å². The van der Waals surface area contributed by atoms with Crippen LogP contribution in [-0.2, 0) is 0 Å². The third kappa shape index (κ3) is 2.33. The van der Waals surface area contributed by atoms with Crippen molar-refractivity contribution in [1.82, 2.24) is 9.97 Å². The summed E-state index contributed by atoms with van der Waals surface area (Å²) in [6, 6.07) is 10.9. The standard InChI is InChI=1S/C12H4BrClN4/c13-8-3-1-2-7(4-8)11-12(14)18-10(6-16)9(5-15)17-11/h1-4H. The van der Waals surface area contributed by atoms with Gasteiger partial charge in [-0.15, -0.1) is 0 Å². The summed E-state index contributed by atoms with van der Waals surface area (Å²) in [4.78, 5) is 7.95. The highest BCUT2D eigenvalue weighted by Crippen LogP contribution is 2.27. The molecule has 0 radical (unpaired) electrons. The van der Waals surface area contributed by atoms with Gasteiger partial charge in [0.15, 0.2) is 16.5 Å². The van der Waals surface area contributed by atoms with Crippen LogP contribution in [0.1, 0.15) is 11.4 Å². The quantitative estimate of drug-likeness (QED) is 0.808. The lowest BCUT2D eigenvalue weighted by Gasteiger charge is -2.04. The average Bonchev–Trinajstić information content (AvgIpc) is 2.38. The number of nitriles is 2. The summed E-state index contributed by atoms with van der Waals surface area (Å²) < 4.78 is 0.862. The Kier molecular flexibility index (Phi) is 3.57. The first-order chi connectivity index (χ1) is 8.65. The molecule has 0 N–H and O–H groups in total. The fraction of sp³-hybridized carbons (Fsp3) is 0. The van der Waals surface area contributed by atoms with E-state index in [9.17, 15) is 0 Å². The fourth-order valence-electron chi connectivity index (χ4n) is 1.39. The number of halogens is 2. The van der Waals surface area contributed by atoms with Gasteiger partial charge in [-0.3, -0.25) is 0 Å². The molecule has 2 rings (SSSR count). The molecular formula is C12H4BrClN4. The Hall–Kier alpha value is -1.95. The van der Waals surface area contributed by atoms with Crippen LogP contribution in [0.5, 0.6) is 0 Å². The van der Waals surface area contributed by atoms with E-state index in [0.717, 1.165) is 10.0 Å². The predicted molar refractivity (Wildman–Crippen MR) is 69.6 cm³/mol. The van der Waals surface area contributed by atoms with Crippen molar-refractivity contribution in [2.24, 2.45) is 0 Å². The highest BCUT2D eigenvalue weighted by Gasteiger charge is 2.13. The molecule has 0 bridgehead atoms. The van der Waals surface area contributed by atoms with Crippen LogP contribution in [-0.4, -0.2) is 9.97 Å². The van der Waals surface area contributed by atoms with Gasteiger partial charge in [-0.05, 0) is 12.1 Å². The highest BCUT2D eigenvalue weighted by molar-refractivity contribution is 9.10. The van der Waals surface area contributed by atoms with Crippen molar-refractivity contribution >= 4 is 27.5 Å². The highest BCUT2D eigenvalue weighted by atomic mass is 79.9. The van der Waals surface area contributed by atoms with Crippen LogP contribution in [0.3, 0.4) is 0 Å². The Morgan fingerprint density at radius 3 is 2.39 bits per heavy atom. The van der Waals surface area contributed by atoms with E-state index >= 15 is 0 Å². The zero-order valence-corrected chi connectivity index (χ0v) is 11.2. The summed E-state index contributed by atoms with van der Waals surface area (Å²) in [6.45, 7) is 0. The largest absolute Gasteiger partial charge is 0.231 e. The second-order valence-electron chi connectivity index (χ2n) is 3.29. The maximum atomic E-state index is 8.91. The van der Waals surface area contributed by atoms with Crippen molar-refractivity contribution in [3.05, 3.63) is 45.3 Å². The third-order valence-corrected chi connectivity index (χ3v) is 2.92. The summed E-state index contributed by atoms with van der Waals surface area (Å²) >= 11 is 9.31. The van der Waals surface area contributed by atoms with Crippen LogP contribution >= 0.6 is 27.5 Å². The minimum atomic E-state index is -0.0683. The van der Waals surface area contributed by atoms with Crippen molar-refractivity contribution in [2.75, 3.05) is 0 Å². The zero-order valence-electron chi connectivity index (χ0n) is 8.85. The van der Waals surface area contributed by atoms with Crippen LogP contribution in [0.2, 0.25) is 5.15 Å². The SMILES string of the molecule is N#Cc1nc(Cl)c(-c2cccc(Br)c2)nc1C#N. The molecule has 1 heterocycles. The van der Waals surface area contributed by atoms with Gasteiger partial charge in [-0.1, -0.05) is 39.7 Å². The van der Waals surface area contributed by atoms with Gasteiger partial charge < -0.3 is 0 Å². The molecule has 1 aromatic heterocycles. The summed E-state index contributed by atoms with van der Waals surface area (Å²) in [5.74, 6) is 0. The van der Waals surface area contributed by atoms with Gasteiger partial charge in [-0.2, -0.15) is 10.5 Å². The third-order valence-electron chi connectivity index (χ3n) is 2.16. The first kappa shape index (κ1) is 12.5. The smallest absolute Gasteiger partial charge is 0.178 e. The number of aromatic nitrogens is 2. The number of hydrogen-bond donors (Lipinski definition) is 0. The minimum Gasteiger partial charge on any atom is -0.231 e. The summed E-state index contributed by atoms with van der Waals surface area (Å²) in [6.07, 6.45) is 0. The second kappa shape index (κ2) is 5.14. The summed E-state index contributed by atoms with van der Waals surface area (Å²) in [5, 5.41) is 17.8. The topological polar surface area (TPSA) is 73.4 Å². The van der Waals surface area contributed by atoms with E-state index in [1.54, 1.807) is 12.1 Å². The molecular weight excluding hydrogens is 316 g/mol. The van der Waals surface area contributed by atoms with Gasteiger partial charge in [-0.25, -0.2) is 9.97 Å². The first-order valence-corrected chi connectivity index (χ1v) is 5.96. The maximum absolute atomic E-state index is 8.91. The molecule has 2 aromatic rings. The van der Waals surface area contributed by atoms with E-state index in [-0.39, 0.29) is 16.5 Å². The maximum Gasteiger partial charge on any atom is 0.178 e. The van der Waals surface area contributed by atoms with Crippen molar-refractivity contribution in [2.45, 2.75) is 0 Å². The number of nitrogens with zero attached hydrogens (tertiary/aromatic N) is 4. The van der Waals surface area contributed by atoms with Gasteiger partial charge in [0.05, 0.1) is 0 Å². The van der Waals surface area contributed by atoms with E-state index < -0.39 is 0 Å². The molecule has 1 aromatic carbocycles. The van der Waals surface area contributed by atoms with E-state index in [4.69, 9.17) is 22.1 Å². The molecule has 0 aliphatic heterocycles. The number of rotatable bonds is 1. The lowest BCUT2D eigenvalue weighted by atomic mass is 10.1. The molecule has 0 atom stereocenters. The Bertz CT molecular complexity index is 700. The average molecular weight is 320 g/mol. The van der Waals surface area contributed by atoms with Crippen LogP contribution in [0.15, 0.2) is 28.7 Å². The van der Waals surface area contributed by atoms with Gasteiger partial charge in [0.25, 0.3) is 0 Å². The normalized spacial score (nSPS) is 9.56. The minimum absolute atomic E-state index is 0.0307. The molecule has 86 valence electrons. The molecule has 0 aliphatic carbocycles. The Labute approximate surface area is 117 Å². The number of hydrogen-bond acceptors (Lipinski definition) is 4. The van der Waals surface area contributed by atoms with E-state index in [0.29, 0.717) is 5.69 Å². The molecule has 0 saturated heterocycles. The Morgan fingerprint density at radius 2 is 1.78 bits per heavy atom. The zero-order chi connectivity index (χ0) is 13.1. The second-order valence-corrected chi connectivity index (χ2v) is 4.57. The van der Waals surface area contributed by atoms with Crippen molar-refractivity contribution < 1.29 is 0 Å². The van der Waals surface area contributed by atoms with Crippen LogP contribution in [0.25, 0.3) is 11.3 Å². The van der Waals surface area contributed by atoms with Gasteiger partial charge in [0, 0.05) is 10.0 Å². The van der Waals surface area contributed by atoms with Gasteiger partial charge in [0.1, 0.15) is 17.8 Å². The molecule has 0 amide bonds. The van der Waals surface area contributed by atoms with E-state index in [1.807, 2.05) is 24.3 Å². The Balaban J connectivity index is 2.67. The van der Waals surface area contributed by atoms with Crippen molar-refractivity contribution in [3.8, 4) is 23.4 Å². The van der Waals surface area contributed by atoms with E-state index in [2.05, 4.69) is 25.9 Å². The van der Waals surface area contributed by atoms with Crippen LogP contribution < -0.4 is 0 Å². The predicted octanol–water partition coefficient (Wildman–Crippen LogP) is 3.30. The summed E-state index contributed by atoms with van der Waals surface area (Å²) in [5.41, 5.74) is 1.01. The molecule has 0 fully saturated rings. The lowest BCUT2D eigenvalue weighted by Crippen LogP contribution is -1.98. The molecule has 0 spiro atoms. The molecule has 0 saturated carbocycles. The van der Waals surface area contributed by atoms with Gasteiger partial charge in [0.2, 0.25) is 0 Å². The Morgan fingerprint density at radius 1 is 1.11 bits per heavy atom. The molecule has 0 unspecified atom stereocenters. The first-order valence-electron chi connectivity index (χ1n) is 4.79. The van der Waals surface area contributed by atoms with E-state index in [1.165, 1.54) is 0 Å². The fourth-order valence-corrected chi connectivity index (χ4v) is 2.03. The van der Waals surface area contributed by atoms with Gasteiger partial charge >= 0.3 is 0 Å². The van der Waals surface area contributed by atoms with Crippen molar-refractivity contribution in [1.29, 1.82) is 10.5 Å². The molecule has 4 nitrogen and oxygen atoms in total. The number of benzene rings is 1. The van der Waals surface area contributed by atoms with Crippen LogP contribution in [0, 0.1) is 22.7 Å². The summed E-state index contributed by atoms with van der Waals surface area (Å²) in [7, 11) is 0. The lowest BCUT2D eigenvalue weighted by molar-refractivity contribution is 1.13. The molecule has 18 heavy (non-hydrogen) atoms. The van der Waals surface area contributed by atoms with Crippen molar-refractivity contribution in [3.63, 3.8) is 0 Å². The molecule has 6 heteroatoms. The molecule has 0 aliphatic rings.